The standard InChI is InChI=1S/C19H21NO8P2/c1-13(2)10-17(21)26-16-7-5-15(6-8-16)18-27-29(23)19(22,30(24,25)28-18)11-14-4-3-9-20-12-14/h3-9,12-13,18,22H,10-11H2,1-2H3/p+1. The van der Waals surface area contributed by atoms with E-state index in [9.17, 15) is 23.9 Å². The predicted molar refractivity (Wildman–Crippen MR) is 107 cm³/mol. The highest BCUT2D eigenvalue weighted by molar-refractivity contribution is 7.68. The fraction of sp³-hybridized carbons (Fsp3) is 0.368. The Balaban J connectivity index is 1.73. The maximum absolute atomic E-state index is 12.7. The molecule has 1 aliphatic rings. The van der Waals surface area contributed by atoms with Crippen molar-refractivity contribution in [1.82, 2.24) is 4.98 Å². The molecule has 1 aromatic heterocycles. The van der Waals surface area contributed by atoms with Gasteiger partial charge in [0.05, 0.1) is 6.42 Å². The van der Waals surface area contributed by atoms with Gasteiger partial charge in [0.2, 0.25) is 6.29 Å². The molecule has 2 heterocycles. The summed E-state index contributed by atoms with van der Waals surface area (Å²) in [6.45, 7) is 3.79. The molecule has 1 aromatic carbocycles. The molecule has 4 atom stereocenters. The molecule has 0 bridgehead atoms. The number of ether oxygens (including phenoxy) is 1. The summed E-state index contributed by atoms with van der Waals surface area (Å²) >= 11 is 0. The third kappa shape index (κ3) is 5.01. The Morgan fingerprint density at radius 2 is 2.03 bits per heavy atom. The molecule has 2 N–H and O–H groups in total. The van der Waals surface area contributed by atoms with Crippen LogP contribution in [0.15, 0.2) is 48.8 Å². The van der Waals surface area contributed by atoms with Crippen LogP contribution in [-0.2, 0) is 29.4 Å². The van der Waals surface area contributed by atoms with E-state index in [4.69, 9.17) is 13.8 Å². The third-order valence-electron chi connectivity index (χ3n) is 4.30. The number of aromatic nitrogens is 1. The fourth-order valence-electron chi connectivity index (χ4n) is 2.77. The Kier molecular flexibility index (Phi) is 6.82. The first-order valence-corrected chi connectivity index (χ1v) is 11.9. The molecule has 0 amide bonds. The van der Waals surface area contributed by atoms with Crippen LogP contribution in [0.4, 0.5) is 0 Å². The SMILES string of the molecule is CC(C)CC(=O)Oc1ccc(C2O[P+](=O)C(O)(Cc3cccnc3)P(=O)(O)O2)cc1. The third-order valence-corrected chi connectivity index (χ3v) is 8.21. The van der Waals surface area contributed by atoms with Gasteiger partial charge in [-0.05, 0) is 34.2 Å². The van der Waals surface area contributed by atoms with Crippen molar-refractivity contribution < 1.29 is 37.7 Å². The molecule has 1 saturated heterocycles. The lowest BCUT2D eigenvalue weighted by Crippen LogP contribution is -2.33. The topological polar surface area (TPSA) is 132 Å². The van der Waals surface area contributed by atoms with Crippen molar-refractivity contribution >= 4 is 21.6 Å². The van der Waals surface area contributed by atoms with Crippen molar-refractivity contribution in [2.45, 2.75) is 38.1 Å². The van der Waals surface area contributed by atoms with E-state index in [2.05, 4.69) is 4.98 Å². The highest BCUT2D eigenvalue weighted by Gasteiger charge is 2.70. The summed E-state index contributed by atoms with van der Waals surface area (Å²) in [7, 11) is -7.76. The van der Waals surface area contributed by atoms with Crippen LogP contribution in [0, 0.1) is 5.92 Å². The van der Waals surface area contributed by atoms with Crippen LogP contribution >= 0.6 is 15.6 Å². The van der Waals surface area contributed by atoms with Crippen molar-refractivity contribution in [3.8, 4) is 5.75 Å². The summed E-state index contributed by atoms with van der Waals surface area (Å²) in [5.74, 6) is 0.0532. The van der Waals surface area contributed by atoms with Crippen molar-refractivity contribution in [1.29, 1.82) is 0 Å². The zero-order valence-corrected chi connectivity index (χ0v) is 18.2. The Morgan fingerprint density at radius 1 is 1.33 bits per heavy atom. The Labute approximate surface area is 174 Å². The van der Waals surface area contributed by atoms with E-state index in [1.165, 1.54) is 36.7 Å². The molecular weight excluding hydrogens is 432 g/mol. The van der Waals surface area contributed by atoms with Gasteiger partial charge < -0.3 is 14.7 Å². The van der Waals surface area contributed by atoms with Crippen LogP contribution in [0.25, 0.3) is 0 Å². The van der Waals surface area contributed by atoms with E-state index < -0.39 is 33.4 Å². The normalized spacial score (nSPS) is 27.8. The predicted octanol–water partition coefficient (Wildman–Crippen LogP) is 3.90. The smallest absolute Gasteiger partial charge is 0.427 e. The zero-order chi connectivity index (χ0) is 21.9. The average Bonchev–Trinajstić information content (AvgIpc) is 2.66. The molecule has 1 fully saturated rings. The fourth-order valence-corrected chi connectivity index (χ4v) is 5.74. The average molecular weight is 454 g/mol. The quantitative estimate of drug-likeness (QED) is 0.379. The number of pyridine rings is 1. The molecule has 0 saturated carbocycles. The highest BCUT2D eigenvalue weighted by atomic mass is 31.2. The van der Waals surface area contributed by atoms with E-state index in [0.717, 1.165) is 0 Å². The van der Waals surface area contributed by atoms with Gasteiger partial charge in [0.1, 0.15) is 5.75 Å². The maximum Gasteiger partial charge on any atom is 0.560 e. The first kappa shape index (κ1) is 22.7. The molecule has 1 aliphatic heterocycles. The van der Waals surface area contributed by atoms with Gasteiger partial charge in [0.25, 0.3) is 0 Å². The second kappa shape index (κ2) is 9.02. The molecule has 4 unspecified atom stereocenters. The van der Waals surface area contributed by atoms with Crippen molar-refractivity contribution in [2.24, 2.45) is 5.92 Å². The summed E-state index contributed by atoms with van der Waals surface area (Å²) in [4.78, 5) is 26.0. The van der Waals surface area contributed by atoms with Crippen LogP contribution in [0.2, 0.25) is 0 Å². The Bertz CT molecular complexity index is 966. The van der Waals surface area contributed by atoms with Gasteiger partial charge in [-0.2, -0.15) is 0 Å². The number of carbonyl (C=O) groups excluding carboxylic acids is 1. The molecule has 160 valence electrons. The van der Waals surface area contributed by atoms with Gasteiger partial charge in [-0.25, -0.2) is 0 Å². The monoisotopic (exact) mass is 454 g/mol. The van der Waals surface area contributed by atoms with Gasteiger partial charge in [-0.15, -0.1) is 4.52 Å². The lowest BCUT2D eigenvalue weighted by atomic mass is 10.1. The van der Waals surface area contributed by atoms with Crippen molar-refractivity contribution in [3.05, 3.63) is 59.9 Å². The molecule has 9 nitrogen and oxygen atoms in total. The number of esters is 1. The Hall–Kier alpha value is -1.99. The number of nitrogens with zero attached hydrogens (tertiary/aromatic N) is 1. The number of hydrogen-bond acceptors (Lipinski definition) is 8. The summed E-state index contributed by atoms with van der Waals surface area (Å²) < 4.78 is 40.9. The van der Waals surface area contributed by atoms with Gasteiger partial charge >= 0.3 is 26.7 Å². The summed E-state index contributed by atoms with van der Waals surface area (Å²) in [5.41, 5.74) is 0.676. The molecule has 0 spiro atoms. The number of carbonyl (C=O) groups is 1. The minimum absolute atomic E-state index is 0.154. The first-order chi connectivity index (χ1) is 14.1. The first-order valence-electron chi connectivity index (χ1n) is 9.18. The summed E-state index contributed by atoms with van der Waals surface area (Å²) in [6.07, 6.45) is 1.28. The van der Waals surface area contributed by atoms with Gasteiger partial charge in [-0.1, -0.05) is 32.0 Å². The second-order valence-corrected chi connectivity index (χ2v) is 11.1. The van der Waals surface area contributed by atoms with Gasteiger partial charge in [0.15, 0.2) is 0 Å². The number of hydrogen-bond donors (Lipinski definition) is 2. The molecule has 3 rings (SSSR count). The van der Waals surface area contributed by atoms with Crippen molar-refractivity contribution in [3.63, 3.8) is 0 Å². The minimum Gasteiger partial charge on any atom is -0.427 e. The zero-order valence-electron chi connectivity index (χ0n) is 16.4. The van der Waals surface area contributed by atoms with Gasteiger partial charge in [0, 0.05) is 24.4 Å². The number of rotatable bonds is 6. The van der Waals surface area contributed by atoms with Crippen LogP contribution in [0.5, 0.6) is 5.75 Å². The van der Waals surface area contributed by atoms with E-state index >= 15 is 0 Å². The van der Waals surface area contributed by atoms with Crippen molar-refractivity contribution in [2.75, 3.05) is 0 Å². The summed E-state index contributed by atoms with van der Waals surface area (Å²) in [6, 6.07) is 8.99. The van der Waals surface area contributed by atoms with Crippen LogP contribution in [0.1, 0.15) is 37.7 Å². The molecule has 30 heavy (non-hydrogen) atoms. The second-order valence-electron chi connectivity index (χ2n) is 7.27. The Morgan fingerprint density at radius 3 is 2.60 bits per heavy atom. The van der Waals surface area contributed by atoms with E-state index in [1.54, 1.807) is 12.1 Å². The molecule has 2 aromatic rings. The van der Waals surface area contributed by atoms with Crippen LogP contribution < -0.4 is 4.74 Å². The number of benzene rings is 1. The van der Waals surface area contributed by atoms with E-state index in [0.29, 0.717) is 5.56 Å². The van der Waals surface area contributed by atoms with E-state index in [-0.39, 0.29) is 29.6 Å². The molecule has 0 aliphatic carbocycles. The highest BCUT2D eigenvalue weighted by Crippen LogP contribution is 2.72. The van der Waals surface area contributed by atoms with Crippen LogP contribution in [-0.4, -0.2) is 26.0 Å². The number of aliphatic hydroxyl groups is 1. The van der Waals surface area contributed by atoms with E-state index in [1.807, 2.05) is 13.8 Å². The molecular formula is C19H22NO8P2+. The molecule has 0 radical (unpaired) electrons. The maximum atomic E-state index is 12.7. The lowest BCUT2D eigenvalue weighted by Gasteiger charge is -2.29. The molecule has 11 heteroatoms. The van der Waals surface area contributed by atoms with Gasteiger partial charge in [-0.3, -0.25) is 18.9 Å². The largest absolute Gasteiger partial charge is 0.560 e. The lowest BCUT2D eigenvalue weighted by molar-refractivity contribution is -0.135. The van der Waals surface area contributed by atoms with Crippen LogP contribution in [0.3, 0.4) is 0 Å². The summed E-state index contributed by atoms with van der Waals surface area (Å²) in [5, 5.41) is 8.07. The minimum atomic E-state index is -4.77.